The zero-order valence-corrected chi connectivity index (χ0v) is 8.86. The number of anilines is 1. The maximum atomic E-state index is 11.4. The number of rotatable bonds is 4. The molecule has 4 N–H and O–H groups in total. The first-order valence-corrected chi connectivity index (χ1v) is 5.08. The molecule has 1 aromatic carbocycles. The van der Waals surface area contributed by atoms with Crippen molar-refractivity contribution in [2.24, 2.45) is 5.73 Å². The first kappa shape index (κ1) is 11.5. The van der Waals surface area contributed by atoms with Crippen molar-refractivity contribution in [2.75, 3.05) is 11.9 Å². The van der Waals surface area contributed by atoms with Gasteiger partial charge in [0.2, 0.25) is 0 Å². The smallest absolute Gasteiger partial charge is 0.319 e. The van der Waals surface area contributed by atoms with E-state index in [1.165, 1.54) is 0 Å². The van der Waals surface area contributed by atoms with Crippen LogP contribution in [0.1, 0.15) is 13.3 Å². The van der Waals surface area contributed by atoms with Gasteiger partial charge in [-0.2, -0.15) is 0 Å². The molecular weight excluding hydrogens is 190 g/mol. The van der Waals surface area contributed by atoms with Crippen molar-refractivity contribution in [2.45, 2.75) is 19.4 Å². The Kier molecular flexibility index (Phi) is 4.63. The van der Waals surface area contributed by atoms with E-state index >= 15 is 0 Å². The fourth-order valence-corrected chi connectivity index (χ4v) is 1.06. The van der Waals surface area contributed by atoms with Crippen LogP contribution in [0.2, 0.25) is 0 Å². The van der Waals surface area contributed by atoms with E-state index < -0.39 is 0 Å². The van der Waals surface area contributed by atoms with Crippen molar-refractivity contribution < 1.29 is 4.79 Å². The Bertz CT molecular complexity index is 300. The number of nitrogens with one attached hydrogen (secondary N) is 2. The van der Waals surface area contributed by atoms with Gasteiger partial charge in [0, 0.05) is 18.3 Å². The van der Waals surface area contributed by atoms with Crippen LogP contribution >= 0.6 is 0 Å². The molecule has 0 fully saturated rings. The molecule has 15 heavy (non-hydrogen) atoms. The summed E-state index contributed by atoms with van der Waals surface area (Å²) in [6.45, 7) is 2.48. The Morgan fingerprint density at radius 1 is 1.40 bits per heavy atom. The highest BCUT2D eigenvalue weighted by molar-refractivity contribution is 5.89. The molecule has 0 saturated heterocycles. The molecule has 0 bridgehead atoms. The molecule has 0 heterocycles. The van der Waals surface area contributed by atoms with E-state index in [2.05, 4.69) is 10.6 Å². The van der Waals surface area contributed by atoms with Crippen molar-refractivity contribution in [1.29, 1.82) is 0 Å². The first-order chi connectivity index (χ1) is 7.22. The fraction of sp³-hybridized carbons (Fsp3) is 0.364. The molecule has 0 aromatic heterocycles. The van der Waals surface area contributed by atoms with Gasteiger partial charge in [-0.15, -0.1) is 0 Å². The van der Waals surface area contributed by atoms with E-state index in [0.717, 1.165) is 12.1 Å². The van der Waals surface area contributed by atoms with Gasteiger partial charge in [0.1, 0.15) is 0 Å². The summed E-state index contributed by atoms with van der Waals surface area (Å²) in [5.74, 6) is 0. The molecule has 1 unspecified atom stereocenters. The molecule has 0 spiro atoms. The normalized spacial score (nSPS) is 11.9. The lowest BCUT2D eigenvalue weighted by atomic mass is 10.2. The molecule has 82 valence electrons. The molecule has 2 amide bonds. The number of carbonyl (C=O) groups is 1. The van der Waals surface area contributed by atoms with E-state index in [1.807, 2.05) is 37.3 Å². The lowest BCUT2D eigenvalue weighted by Gasteiger charge is -2.11. The van der Waals surface area contributed by atoms with Gasteiger partial charge in [-0.05, 0) is 18.6 Å². The van der Waals surface area contributed by atoms with Crippen molar-refractivity contribution in [3.63, 3.8) is 0 Å². The van der Waals surface area contributed by atoms with Crippen LogP contribution in [0.5, 0.6) is 0 Å². The average molecular weight is 207 g/mol. The monoisotopic (exact) mass is 207 g/mol. The maximum Gasteiger partial charge on any atom is 0.319 e. The minimum atomic E-state index is -0.217. The second-order valence-electron chi connectivity index (χ2n) is 3.37. The number of benzene rings is 1. The molecule has 1 rings (SSSR count). The summed E-state index contributed by atoms with van der Waals surface area (Å²) in [7, 11) is 0. The third kappa shape index (κ3) is 4.46. The summed E-state index contributed by atoms with van der Waals surface area (Å²) < 4.78 is 0. The minimum absolute atomic E-state index is 0.0199. The van der Waals surface area contributed by atoms with Gasteiger partial charge in [-0.3, -0.25) is 0 Å². The van der Waals surface area contributed by atoms with Gasteiger partial charge in [-0.25, -0.2) is 4.79 Å². The zero-order chi connectivity index (χ0) is 11.1. The highest BCUT2D eigenvalue weighted by atomic mass is 16.2. The molecule has 1 atom stereocenters. The molecule has 0 aliphatic rings. The van der Waals surface area contributed by atoms with Gasteiger partial charge in [0.25, 0.3) is 0 Å². The Balaban J connectivity index is 2.31. The van der Waals surface area contributed by atoms with Crippen molar-refractivity contribution in [3.05, 3.63) is 30.3 Å². The predicted octanol–water partition coefficient (Wildman–Crippen LogP) is 1.55. The molecule has 4 nitrogen and oxygen atoms in total. The number of urea groups is 1. The first-order valence-electron chi connectivity index (χ1n) is 5.08. The third-order valence-electron chi connectivity index (χ3n) is 2.08. The standard InChI is InChI=1S/C11H17N3O/c1-2-9(12)8-13-11(15)14-10-6-4-3-5-7-10/h3-7,9H,2,8,12H2,1H3,(H2,13,14,15). The Morgan fingerprint density at radius 2 is 2.07 bits per heavy atom. The van der Waals surface area contributed by atoms with Crippen LogP contribution < -0.4 is 16.4 Å². The van der Waals surface area contributed by atoms with E-state index in [4.69, 9.17) is 5.73 Å². The van der Waals surface area contributed by atoms with E-state index in [9.17, 15) is 4.79 Å². The van der Waals surface area contributed by atoms with Crippen LogP contribution in [-0.4, -0.2) is 18.6 Å². The number of hydrogen-bond donors (Lipinski definition) is 3. The number of nitrogens with two attached hydrogens (primary N) is 1. The Morgan fingerprint density at radius 3 is 2.67 bits per heavy atom. The topological polar surface area (TPSA) is 67.1 Å². The average Bonchev–Trinajstić information content (AvgIpc) is 2.27. The van der Waals surface area contributed by atoms with Gasteiger partial charge in [0.15, 0.2) is 0 Å². The lowest BCUT2D eigenvalue weighted by Crippen LogP contribution is -2.38. The second kappa shape index (κ2) is 6.03. The molecule has 0 aliphatic carbocycles. The lowest BCUT2D eigenvalue weighted by molar-refractivity contribution is 0.251. The van der Waals surface area contributed by atoms with Crippen LogP contribution in [0.4, 0.5) is 10.5 Å². The van der Waals surface area contributed by atoms with Gasteiger partial charge < -0.3 is 16.4 Å². The minimum Gasteiger partial charge on any atom is -0.336 e. The SMILES string of the molecule is CCC(N)CNC(=O)Nc1ccccc1. The van der Waals surface area contributed by atoms with Crippen molar-refractivity contribution in [1.82, 2.24) is 5.32 Å². The van der Waals surface area contributed by atoms with Crippen LogP contribution in [0.3, 0.4) is 0 Å². The number of amides is 2. The van der Waals surface area contributed by atoms with Crippen LogP contribution in [0.25, 0.3) is 0 Å². The zero-order valence-electron chi connectivity index (χ0n) is 8.86. The molecule has 4 heteroatoms. The molecule has 0 radical (unpaired) electrons. The predicted molar refractivity (Wildman–Crippen MR) is 61.7 cm³/mol. The molecule has 0 aliphatic heterocycles. The summed E-state index contributed by atoms with van der Waals surface area (Å²) in [4.78, 5) is 11.4. The Labute approximate surface area is 89.9 Å². The highest BCUT2D eigenvalue weighted by Crippen LogP contribution is 2.03. The summed E-state index contributed by atoms with van der Waals surface area (Å²) in [5.41, 5.74) is 6.45. The summed E-state index contributed by atoms with van der Waals surface area (Å²) in [5, 5.41) is 5.42. The van der Waals surface area contributed by atoms with E-state index in [0.29, 0.717) is 6.54 Å². The summed E-state index contributed by atoms with van der Waals surface area (Å²) in [6, 6.07) is 9.10. The van der Waals surface area contributed by atoms with Gasteiger partial charge >= 0.3 is 6.03 Å². The maximum absolute atomic E-state index is 11.4. The van der Waals surface area contributed by atoms with Gasteiger partial charge in [-0.1, -0.05) is 25.1 Å². The quantitative estimate of drug-likeness (QED) is 0.701. The number of hydrogen-bond acceptors (Lipinski definition) is 2. The fourth-order valence-electron chi connectivity index (χ4n) is 1.06. The largest absolute Gasteiger partial charge is 0.336 e. The number of para-hydroxylation sites is 1. The van der Waals surface area contributed by atoms with Crippen LogP contribution in [-0.2, 0) is 0 Å². The van der Waals surface area contributed by atoms with Crippen LogP contribution in [0.15, 0.2) is 30.3 Å². The van der Waals surface area contributed by atoms with E-state index in [-0.39, 0.29) is 12.1 Å². The van der Waals surface area contributed by atoms with E-state index in [1.54, 1.807) is 0 Å². The highest BCUT2D eigenvalue weighted by Gasteiger charge is 2.03. The summed E-state index contributed by atoms with van der Waals surface area (Å²) >= 11 is 0. The van der Waals surface area contributed by atoms with Gasteiger partial charge in [0.05, 0.1) is 0 Å². The van der Waals surface area contributed by atoms with Crippen molar-refractivity contribution >= 4 is 11.7 Å². The Hall–Kier alpha value is -1.55. The third-order valence-corrected chi connectivity index (χ3v) is 2.08. The summed E-state index contributed by atoms with van der Waals surface area (Å²) in [6.07, 6.45) is 0.853. The van der Waals surface area contributed by atoms with Crippen LogP contribution in [0, 0.1) is 0 Å². The number of carbonyl (C=O) groups excluding carboxylic acids is 1. The molecule has 0 saturated carbocycles. The van der Waals surface area contributed by atoms with Crippen molar-refractivity contribution in [3.8, 4) is 0 Å². The molecule has 1 aromatic rings. The molecular formula is C11H17N3O. The second-order valence-corrected chi connectivity index (χ2v) is 3.37.